The Kier molecular flexibility index (Phi) is 3.70. The van der Waals surface area contributed by atoms with Crippen molar-refractivity contribution in [2.24, 2.45) is 0 Å². The number of halogens is 1. The molecule has 0 radical (unpaired) electrons. The normalized spacial score (nSPS) is 10.7. The Hall–Kier alpha value is -2.95. The van der Waals surface area contributed by atoms with E-state index in [0.717, 1.165) is 5.56 Å². The van der Waals surface area contributed by atoms with Gasteiger partial charge in [-0.3, -0.25) is 9.59 Å². The number of nitrogens with one attached hydrogen (secondary N) is 2. The molecule has 4 nitrogen and oxygen atoms in total. The van der Waals surface area contributed by atoms with Crippen LogP contribution in [0.3, 0.4) is 0 Å². The zero-order chi connectivity index (χ0) is 16.6. The van der Waals surface area contributed by atoms with E-state index in [1.54, 1.807) is 38.2 Å². The Bertz CT molecular complexity index is 959. The summed E-state index contributed by atoms with van der Waals surface area (Å²) in [6, 6.07) is 11.4. The third-order valence-corrected chi connectivity index (χ3v) is 3.82. The van der Waals surface area contributed by atoms with Gasteiger partial charge in [-0.1, -0.05) is 12.1 Å². The van der Waals surface area contributed by atoms with Gasteiger partial charge in [0.15, 0.2) is 0 Å². The van der Waals surface area contributed by atoms with Crippen LogP contribution in [-0.2, 0) is 0 Å². The van der Waals surface area contributed by atoms with Crippen molar-refractivity contribution in [3.05, 3.63) is 69.8 Å². The Labute approximate surface area is 132 Å². The van der Waals surface area contributed by atoms with Gasteiger partial charge in [0.05, 0.1) is 5.39 Å². The summed E-state index contributed by atoms with van der Waals surface area (Å²) in [6.07, 6.45) is 0. The first-order valence-electron chi connectivity index (χ1n) is 7.15. The van der Waals surface area contributed by atoms with Crippen LogP contribution in [0, 0.1) is 12.7 Å². The lowest BCUT2D eigenvalue weighted by Gasteiger charge is -2.07. The largest absolute Gasteiger partial charge is 0.355 e. The number of fused-ring (bicyclic) bond motifs is 1. The third kappa shape index (κ3) is 2.73. The van der Waals surface area contributed by atoms with Gasteiger partial charge in [-0.05, 0) is 53.8 Å². The smallest absolute Gasteiger partial charge is 0.256 e. The number of benzene rings is 2. The number of aryl methyl sites for hydroxylation is 1. The summed E-state index contributed by atoms with van der Waals surface area (Å²) in [6.45, 7) is 1.77. The van der Waals surface area contributed by atoms with Gasteiger partial charge in [0, 0.05) is 18.3 Å². The van der Waals surface area contributed by atoms with Crippen molar-refractivity contribution in [3.63, 3.8) is 0 Å². The summed E-state index contributed by atoms with van der Waals surface area (Å²) >= 11 is 0. The van der Waals surface area contributed by atoms with E-state index in [4.69, 9.17) is 0 Å². The molecule has 0 atom stereocenters. The predicted octanol–water partition coefficient (Wildman–Crippen LogP) is 3.00. The molecule has 3 rings (SSSR count). The van der Waals surface area contributed by atoms with E-state index in [0.29, 0.717) is 27.6 Å². The highest BCUT2D eigenvalue weighted by Crippen LogP contribution is 2.23. The molecule has 0 aliphatic rings. The van der Waals surface area contributed by atoms with Crippen LogP contribution in [0.25, 0.3) is 22.0 Å². The molecule has 0 fully saturated rings. The van der Waals surface area contributed by atoms with Gasteiger partial charge in [-0.15, -0.1) is 0 Å². The van der Waals surface area contributed by atoms with Gasteiger partial charge < -0.3 is 10.3 Å². The van der Waals surface area contributed by atoms with Crippen molar-refractivity contribution in [1.29, 1.82) is 0 Å². The summed E-state index contributed by atoms with van der Waals surface area (Å²) < 4.78 is 13.5. The minimum absolute atomic E-state index is 0.171. The SMILES string of the molecule is CNC(=O)c1ccc(-c2cc3c(C)cc(F)cc3c(=O)[nH]2)cc1. The second kappa shape index (κ2) is 5.68. The summed E-state index contributed by atoms with van der Waals surface area (Å²) in [7, 11) is 1.57. The number of hydrogen-bond donors (Lipinski definition) is 2. The molecule has 0 bridgehead atoms. The van der Waals surface area contributed by atoms with Gasteiger partial charge in [-0.2, -0.15) is 0 Å². The van der Waals surface area contributed by atoms with Crippen LogP contribution in [0.15, 0.2) is 47.3 Å². The Morgan fingerprint density at radius 2 is 1.78 bits per heavy atom. The van der Waals surface area contributed by atoms with E-state index in [1.165, 1.54) is 12.1 Å². The standard InChI is InChI=1S/C18H15FN2O2/c1-10-7-13(19)8-15-14(10)9-16(21-18(15)23)11-3-5-12(6-4-11)17(22)20-2/h3-9H,1-2H3,(H,20,22)(H,21,23). The zero-order valence-electron chi connectivity index (χ0n) is 12.7. The highest BCUT2D eigenvalue weighted by Gasteiger charge is 2.09. The highest BCUT2D eigenvalue weighted by molar-refractivity contribution is 5.94. The average Bonchev–Trinajstić information content (AvgIpc) is 2.55. The fourth-order valence-electron chi connectivity index (χ4n) is 2.60. The molecule has 1 heterocycles. The van der Waals surface area contributed by atoms with Crippen molar-refractivity contribution in [2.75, 3.05) is 7.05 Å². The zero-order valence-corrected chi connectivity index (χ0v) is 12.7. The molecular weight excluding hydrogens is 295 g/mol. The molecule has 0 aliphatic heterocycles. The molecular formula is C18H15FN2O2. The van der Waals surface area contributed by atoms with Gasteiger partial charge >= 0.3 is 0 Å². The monoisotopic (exact) mass is 310 g/mol. The lowest BCUT2D eigenvalue weighted by molar-refractivity contribution is 0.0963. The Balaban J connectivity index is 2.14. The number of rotatable bonds is 2. The van der Waals surface area contributed by atoms with Gasteiger partial charge in [0.2, 0.25) is 0 Å². The molecule has 0 spiro atoms. The molecule has 2 N–H and O–H groups in total. The van der Waals surface area contributed by atoms with Crippen molar-refractivity contribution in [2.45, 2.75) is 6.92 Å². The van der Waals surface area contributed by atoms with Gasteiger partial charge in [0.25, 0.3) is 11.5 Å². The topological polar surface area (TPSA) is 62.0 Å². The van der Waals surface area contributed by atoms with Crippen molar-refractivity contribution >= 4 is 16.7 Å². The van der Waals surface area contributed by atoms with Crippen LogP contribution < -0.4 is 10.9 Å². The van der Waals surface area contributed by atoms with Gasteiger partial charge in [0.1, 0.15) is 5.82 Å². The van der Waals surface area contributed by atoms with E-state index < -0.39 is 5.82 Å². The first kappa shape index (κ1) is 15.0. The average molecular weight is 310 g/mol. The molecule has 2 aromatic carbocycles. The van der Waals surface area contributed by atoms with Crippen molar-refractivity contribution in [3.8, 4) is 11.3 Å². The number of pyridine rings is 1. The molecule has 3 aromatic rings. The Morgan fingerprint density at radius 3 is 2.43 bits per heavy atom. The quantitative estimate of drug-likeness (QED) is 0.764. The molecule has 5 heteroatoms. The van der Waals surface area contributed by atoms with E-state index in [1.807, 2.05) is 6.07 Å². The second-order valence-electron chi connectivity index (χ2n) is 5.35. The summed E-state index contributed by atoms with van der Waals surface area (Å²) in [4.78, 5) is 26.5. The van der Waals surface area contributed by atoms with Crippen LogP contribution in [0.5, 0.6) is 0 Å². The number of aromatic nitrogens is 1. The van der Waals surface area contributed by atoms with Crippen LogP contribution in [0.1, 0.15) is 15.9 Å². The number of hydrogen-bond acceptors (Lipinski definition) is 2. The fourth-order valence-corrected chi connectivity index (χ4v) is 2.60. The summed E-state index contributed by atoms with van der Waals surface area (Å²) in [5.74, 6) is -0.599. The maximum Gasteiger partial charge on any atom is 0.256 e. The molecule has 23 heavy (non-hydrogen) atoms. The molecule has 1 amide bonds. The van der Waals surface area contributed by atoms with Crippen LogP contribution in [-0.4, -0.2) is 17.9 Å². The third-order valence-electron chi connectivity index (χ3n) is 3.82. The first-order chi connectivity index (χ1) is 11.0. The molecule has 0 saturated carbocycles. The number of carbonyl (C=O) groups excluding carboxylic acids is 1. The van der Waals surface area contributed by atoms with Gasteiger partial charge in [-0.25, -0.2) is 4.39 Å². The molecule has 1 aromatic heterocycles. The summed E-state index contributed by atoms with van der Waals surface area (Å²) in [5, 5.41) is 3.59. The minimum Gasteiger partial charge on any atom is -0.355 e. The van der Waals surface area contributed by atoms with Crippen LogP contribution in [0.2, 0.25) is 0 Å². The van der Waals surface area contributed by atoms with E-state index in [-0.39, 0.29) is 11.5 Å². The lowest BCUT2D eigenvalue weighted by atomic mass is 10.0. The first-order valence-corrected chi connectivity index (χ1v) is 7.15. The molecule has 0 saturated heterocycles. The fraction of sp³-hybridized carbons (Fsp3) is 0.111. The van der Waals surface area contributed by atoms with E-state index in [2.05, 4.69) is 10.3 Å². The van der Waals surface area contributed by atoms with Crippen molar-refractivity contribution in [1.82, 2.24) is 10.3 Å². The molecule has 116 valence electrons. The molecule has 0 unspecified atom stereocenters. The molecule has 0 aliphatic carbocycles. The number of amides is 1. The van der Waals surface area contributed by atoms with Crippen LogP contribution >= 0.6 is 0 Å². The van der Waals surface area contributed by atoms with Crippen molar-refractivity contribution < 1.29 is 9.18 Å². The number of carbonyl (C=O) groups is 1. The Morgan fingerprint density at radius 1 is 1.09 bits per heavy atom. The minimum atomic E-state index is -0.428. The summed E-state index contributed by atoms with van der Waals surface area (Å²) in [5.41, 5.74) is 2.31. The number of aromatic amines is 1. The van der Waals surface area contributed by atoms with Crippen LogP contribution in [0.4, 0.5) is 4.39 Å². The van der Waals surface area contributed by atoms with E-state index >= 15 is 0 Å². The maximum atomic E-state index is 13.5. The predicted molar refractivity (Wildman–Crippen MR) is 88.1 cm³/mol. The maximum absolute atomic E-state index is 13.5. The second-order valence-corrected chi connectivity index (χ2v) is 5.35. The van der Waals surface area contributed by atoms with E-state index in [9.17, 15) is 14.0 Å². The lowest BCUT2D eigenvalue weighted by Crippen LogP contribution is -2.17. The highest BCUT2D eigenvalue weighted by atomic mass is 19.1. The number of H-pyrrole nitrogens is 1.